The average molecular weight is 307 g/mol. The average Bonchev–Trinajstić information content (AvgIpc) is 2.83. The van der Waals surface area contributed by atoms with Crippen LogP contribution in [0.15, 0.2) is 22.6 Å². The number of carbonyl (C=O) groups excluding carboxylic acids is 1. The zero-order valence-electron chi connectivity index (χ0n) is 11.8. The van der Waals surface area contributed by atoms with Gasteiger partial charge in [-0.3, -0.25) is 4.79 Å². The SMILES string of the molecule is Cc1c(C(=O)N2CCOCC2C(=O)O)oc2ccc(F)cc12. The summed E-state index contributed by atoms with van der Waals surface area (Å²) >= 11 is 0. The van der Waals surface area contributed by atoms with Gasteiger partial charge in [0, 0.05) is 17.5 Å². The number of halogens is 1. The molecule has 2 aromatic rings. The number of nitrogens with zero attached hydrogens (tertiary/aromatic N) is 1. The van der Waals surface area contributed by atoms with Crippen molar-refractivity contribution < 1.29 is 28.2 Å². The summed E-state index contributed by atoms with van der Waals surface area (Å²) in [5.74, 6) is -2.04. The first-order valence-corrected chi connectivity index (χ1v) is 6.79. The molecule has 116 valence electrons. The fourth-order valence-electron chi connectivity index (χ4n) is 2.58. The molecule has 3 rings (SSSR count). The van der Waals surface area contributed by atoms with Crippen molar-refractivity contribution in [2.45, 2.75) is 13.0 Å². The standard InChI is InChI=1S/C15H14FNO5/c1-8-10-6-9(16)2-3-12(10)22-13(8)14(18)17-4-5-21-7-11(17)15(19)20/h2-3,6,11H,4-5,7H2,1H3,(H,19,20). The van der Waals surface area contributed by atoms with Crippen molar-refractivity contribution in [3.63, 3.8) is 0 Å². The molecule has 6 nitrogen and oxygen atoms in total. The molecule has 0 aliphatic carbocycles. The minimum absolute atomic E-state index is 0.0359. The number of ether oxygens (including phenoxy) is 1. The van der Waals surface area contributed by atoms with Crippen molar-refractivity contribution in [1.82, 2.24) is 4.90 Å². The van der Waals surface area contributed by atoms with Crippen molar-refractivity contribution in [1.29, 1.82) is 0 Å². The molecular formula is C15H14FNO5. The molecule has 0 saturated carbocycles. The largest absolute Gasteiger partial charge is 0.480 e. The third kappa shape index (κ3) is 2.33. The van der Waals surface area contributed by atoms with Gasteiger partial charge in [0.1, 0.15) is 11.4 Å². The van der Waals surface area contributed by atoms with Crippen LogP contribution in [0.25, 0.3) is 11.0 Å². The highest BCUT2D eigenvalue weighted by Gasteiger charge is 2.35. The van der Waals surface area contributed by atoms with Crippen LogP contribution < -0.4 is 0 Å². The molecule has 22 heavy (non-hydrogen) atoms. The van der Waals surface area contributed by atoms with Gasteiger partial charge in [-0.05, 0) is 25.1 Å². The van der Waals surface area contributed by atoms with Crippen molar-refractivity contribution in [2.75, 3.05) is 19.8 Å². The monoisotopic (exact) mass is 307 g/mol. The van der Waals surface area contributed by atoms with E-state index in [4.69, 9.17) is 9.15 Å². The van der Waals surface area contributed by atoms with Crippen molar-refractivity contribution >= 4 is 22.8 Å². The van der Waals surface area contributed by atoms with Gasteiger partial charge in [-0.15, -0.1) is 0 Å². The van der Waals surface area contributed by atoms with E-state index in [1.165, 1.54) is 23.1 Å². The van der Waals surface area contributed by atoms with Crippen molar-refractivity contribution in [2.24, 2.45) is 0 Å². The quantitative estimate of drug-likeness (QED) is 0.915. The van der Waals surface area contributed by atoms with E-state index in [1.807, 2.05) is 0 Å². The van der Waals surface area contributed by atoms with E-state index in [-0.39, 0.29) is 25.5 Å². The number of hydrogen-bond donors (Lipinski definition) is 1. The number of carboxylic acid groups (broad SMARTS) is 1. The summed E-state index contributed by atoms with van der Waals surface area (Å²) < 4.78 is 23.9. The Morgan fingerprint density at radius 1 is 1.41 bits per heavy atom. The number of furan rings is 1. The summed E-state index contributed by atoms with van der Waals surface area (Å²) in [5, 5.41) is 9.70. The summed E-state index contributed by atoms with van der Waals surface area (Å²) in [6.45, 7) is 2.02. The molecule has 1 aromatic heterocycles. The normalized spacial score (nSPS) is 18.6. The van der Waals surface area contributed by atoms with E-state index in [1.54, 1.807) is 6.92 Å². The van der Waals surface area contributed by atoms with Crippen LogP contribution >= 0.6 is 0 Å². The molecule has 1 saturated heterocycles. The molecule has 0 bridgehead atoms. The molecule has 0 radical (unpaired) electrons. The lowest BCUT2D eigenvalue weighted by Crippen LogP contribution is -2.52. The maximum atomic E-state index is 13.3. The molecule has 7 heteroatoms. The van der Waals surface area contributed by atoms with Crippen molar-refractivity contribution in [3.8, 4) is 0 Å². The van der Waals surface area contributed by atoms with Gasteiger partial charge in [-0.1, -0.05) is 0 Å². The first-order valence-electron chi connectivity index (χ1n) is 6.79. The van der Waals surface area contributed by atoms with Crippen LogP contribution in [0.3, 0.4) is 0 Å². The number of amides is 1. The molecule has 1 N–H and O–H groups in total. The molecule has 1 aromatic carbocycles. The lowest BCUT2D eigenvalue weighted by molar-refractivity contribution is -0.147. The van der Waals surface area contributed by atoms with E-state index in [0.717, 1.165) is 0 Å². The Hall–Kier alpha value is -2.41. The number of fused-ring (bicyclic) bond motifs is 1. The fraction of sp³-hybridized carbons (Fsp3) is 0.333. The number of carbonyl (C=O) groups is 2. The summed E-state index contributed by atoms with van der Waals surface area (Å²) in [4.78, 5) is 25.1. The van der Waals surface area contributed by atoms with Crippen LogP contribution in [0.5, 0.6) is 0 Å². The summed E-state index contributed by atoms with van der Waals surface area (Å²) in [7, 11) is 0. The van der Waals surface area contributed by atoms with Gasteiger partial charge in [0.05, 0.1) is 13.2 Å². The van der Waals surface area contributed by atoms with Gasteiger partial charge in [0.2, 0.25) is 0 Å². The predicted molar refractivity (Wildman–Crippen MR) is 74.2 cm³/mol. The van der Waals surface area contributed by atoms with Gasteiger partial charge < -0.3 is 19.2 Å². The van der Waals surface area contributed by atoms with Gasteiger partial charge in [0.15, 0.2) is 11.8 Å². The zero-order valence-corrected chi connectivity index (χ0v) is 11.8. The van der Waals surface area contributed by atoms with Gasteiger partial charge in [-0.2, -0.15) is 0 Å². The van der Waals surface area contributed by atoms with Crippen LogP contribution in [0.4, 0.5) is 4.39 Å². The number of hydrogen-bond acceptors (Lipinski definition) is 4. The Morgan fingerprint density at radius 3 is 2.91 bits per heavy atom. The number of aliphatic carboxylic acids is 1. The third-order valence-corrected chi connectivity index (χ3v) is 3.77. The topological polar surface area (TPSA) is 80.0 Å². The van der Waals surface area contributed by atoms with Gasteiger partial charge in [0.25, 0.3) is 5.91 Å². The lowest BCUT2D eigenvalue weighted by atomic mass is 10.1. The van der Waals surface area contributed by atoms with E-state index in [0.29, 0.717) is 16.5 Å². The second kappa shape index (κ2) is 5.42. The Bertz CT molecular complexity index is 754. The van der Waals surface area contributed by atoms with Crippen LogP contribution in [0.1, 0.15) is 16.1 Å². The van der Waals surface area contributed by atoms with Crippen molar-refractivity contribution in [3.05, 3.63) is 35.3 Å². The predicted octanol–water partition coefficient (Wildman–Crippen LogP) is 1.81. The minimum Gasteiger partial charge on any atom is -0.480 e. The number of morpholine rings is 1. The Kier molecular flexibility index (Phi) is 3.58. The second-order valence-electron chi connectivity index (χ2n) is 5.12. The number of rotatable bonds is 2. The van der Waals surface area contributed by atoms with Crippen LogP contribution in [0, 0.1) is 12.7 Å². The van der Waals surface area contributed by atoms with E-state index in [9.17, 15) is 19.1 Å². The molecular weight excluding hydrogens is 293 g/mol. The summed E-state index contributed by atoms with van der Waals surface area (Å²) in [5.41, 5.74) is 0.887. The first kappa shape index (κ1) is 14.5. The third-order valence-electron chi connectivity index (χ3n) is 3.77. The molecule has 1 aliphatic heterocycles. The van der Waals surface area contributed by atoms with E-state index in [2.05, 4.69) is 0 Å². The number of benzene rings is 1. The highest BCUT2D eigenvalue weighted by Crippen LogP contribution is 2.27. The highest BCUT2D eigenvalue weighted by atomic mass is 19.1. The Balaban J connectivity index is 2.01. The van der Waals surface area contributed by atoms with Crippen LogP contribution in [-0.2, 0) is 9.53 Å². The molecule has 1 fully saturated rings. The smallest absolute Gasteiger partial charge is 0.328 e. The van der Waals surface area contributed by atoms with E-state index >= 15 is 0 Å². The number of aryl methyl sites for hydroxylation is 1. The first-order chi connectivity index (χ1) is 10.5. The molecule has 1 aliphatic rings. The Morgan fingerprint density at radius 2 is 2.18 bits per heavy atom. The zero-order chi connectivity index (χ0) is 15.9. The van der Waals surface area contributed by atoms with Gasteiger partial charge in [-0.25, -0.2) is 9.18 Å². The van der Waals surface area contributed by atoms with E-state index < -0.39 is 23.7 Å². The Labute approximate surface area is 125 Å². The number of carboxylic acids is 1. The van der Waals surface area contributed by atoms with Crippen LogP contribution in [-0.4, -0.2) is 47.7 Å². The lowest BCUT2D eigenvalue weighted by Gasteiger charge is -2.32. The molecule has 1 unspecified atom stereocenters. The maximum absolute atomic E-state index is 13.3. The van der Waals surface area contributed by atoms with Gasteiger partial charge >= 0.3 is 5.97 Å². The summed E-state index contributed by atoms with van der Waals surface area (Å²) in [6.07, 6.45) is 0. The minimum atomic E-state index is -1.13. The molecule has 2 heterocycles. The molecule has 0 spiro atoms. The molecule has 1 amide bonds. The highest BCUT2D eigenvalue weighted by molar-refractivity contribution is 6.00. The van der Waals surface area contributed by atoms with Crippen LogP contribution in [0.2, 0.25) is 0 Å². The molecule has 1 atom stereocenters. The fourth-order valence-corrected chi connectivity index (χ4v) is 2.58. The second-order valence-corrected chi connectivity index (χ2v) is 5.12. The summed E-state index contributed by atoms with van der Waals surface area (Å²) in [6, 6.07) is 2.93. The maximum Gasteiger partial charge on any atom is 0.328 e.